The van der Waals surface area contributed by atoms with Crippen LogP contribution in [0, 0.1) is 12.3 Å². The van der Waals surface area contributed by atoms with E-state index in [1.807, 2.05) is 0 Å². The summed E-state index contributed by atoms with van der Waals surface area (Å²) in [7, 11) is 0. The van der Waals surface area contributed by atoms with Crippen molar-refractivity contribution in [3.63, 3.8) is 0 Å². The molecule has 0 unspecified atom stereocenters. The lowest BCUT2D eigenvalue weighted by Crippen LogP contribution is -1.82. The maximum Gasteiger partial charge on any atom is 0.00860 e. The van der Waals surface area contributed by atoms with E-state index in [9.17, 15) is 0 Å². The Bertz CT molecular complexity index is 157. The molecule has 0 radical (unpaired) electrons. The quantitative estimate of drug-likeness (QED) is 0.344. The summed E-state index contributed by atoms with van der Waals surface area (Å²) < 4.78 is 0. The average Bonchev–Trinajstić information content (AvgIpc) is 2.31. The summed E-state index contributed by atoms with van der Waals surface area (Å²) in [6, 6.07) is 0. The molecular formula is C16H32O. The van der Waals surface area contributed by atoms with E-state index in [1.54, 1.807) is 0 Å². The minimum absolute atomic E-state index is 0. The van der Waals surface area contributed by atoms with Gasteiger partial charge in [-0.15, -0.1) is 12.3 Å². The fourth-order valence-corrected chi connectivity index (χ4v) is 2.07. The van der Waals surface area contributed by atoms with E-state index < -0.39 is 0 Å². The normalized spacial score (nSPS) is 9.65. The molecule has 0 aliphatic rings. The molecule has 0 amide bonds. The molecule has 0 aliphatic carbocycles. The van der Waals surface area contributed by atoms with Gasteiger partial charge in [0.1, 0.15) is 0 Å². The fraction of sp³-hybridized carbons (Fsp3) is 0.875. The van der Waals surface area contributed by atoms with Crippen molar-refractivity contribution in [3.8, 4) is 12.3 Å². The van der Waals surface area contributed by atoms with Crippen molar-refractivity contribution < 1.29 is 5.48 Å². The predicted molar refractivity (Wildman–Crippen MR) is 78.1 cm³/mol. The zero-order chi connectivity index (χ0) is 11.9. The molecule has 102 valence electrons. The summed E-state index contributed by atoms with van der Waals surface area (Å²) in [5.41, 5.74) is 0. The first-order valence-corrected chi connectivity index (χ1v) is 7.35. The van der Waals surface area contributed by atoms with E-state index in [-0.39, 0.29) is 5.48 Å². The van der Waals surface area contributed by atoms with Gasteiger partial charge in [0.05, 0.1) is 0 Å². The first-order valence-electron chi connectivity index (χ1n) is 7.35. The molecular weight excluding hydrogens is 208 g/mol. The molecule has 0 spiro atoms. The van der Waals surface area contributed by atoms with Crippen molar-refractivity contribution >= 4 is 0 Å². The number of terminal acetylenes is 1. The van der Waals surface area contributed by atoms with Crippen molar-refractivity contribution in [3.05, 3.63) is 0 Å². The second-order valence-electron chi connectivity index (χ2n) is 4.84. The Kier molecular flexibility index (Phi) is 19.9. The first kappa shape index (κ1) is 18.9. The van der Waals surface area contributed by atoms with Gasteiger partial charge in [-0.2, -0.15) is 0 Å². The second-order valence-corrected chi connectivity index (χ2v) is 4.84. The Morgan fingerprint density at radius 2 is 1.00 bits per heavy atom. The molecule has 0 bridgehead atoms. The van der Waals surface area contributed by atoms with Crippen LogP contribution in [0.25, 0.3) is 0 Å². The van der Waals surface area contributed by atoms with Crippen LogP contribution in [-0.2, 0) is 0 Å². The van der Waals surface area contributed by atoms with Gasteiger partial charge in [0.2, 0.25) is 0 Å². The molecule has 2 N–H and O–H groups in total. The summed E-state index contributed by atoms with van der Waals surface area (Å²) in [6.07, 6.45) is 23.0. The Balaban J connectivity index is 0. The largest absolute Gasteiger partial charge is 0.412 e. The highest BCUT2D eigenvalue weighted by Crippen LogP contribution is 2.12. The smallest absolute Gasteiger partial charge is 0.00860 e. The fourth-order valence-electron chi connectivity index (χ4n) is 2.07. The third kappa shape index (κ3) is 18.1. The van der Waals surface area contributed by atoms with E-state index in [0.717, 1.165) is 6.42 Å². The van der Waals surface area contributed by atoms with Crippen LogP contribution in [0.15, 0.2) is 0 Å². The second kappa shape index (κ2) is 17.9. The summed E-state index contributed by atoms with van der Waals surface area (Å²) in [5, 5.41) is 0. The molecule has 0 saturated heterocycles. The number of rotatable bonds is 12. The third-order valence-corrected chi connectivity index (χ3v) is 3.17. The molecule has 0 heterocycles. The monoisotopic (exact) mass is 240 g/mol. The molecule has 0 aromatic heterocycles. The van der Waals surface area contributed by atoms with Crippen molar-refractivity contribution in [2.45, 2.75) is 90.4 Å². The zero-order valence-electron chi connectivity index (χ0n) is 11.8. The van der Waals surface area contributed by atoms with Crippen molar-refractivity contribution in [2.24, 2.45) is 0 Å². The Morgan fingerprint density at radius 3 is 1.35 bits per heavy atom. The lowest BCUT2D eigenvalue weighted by atomic mass is 10.0. The number of hydrogen-bond donors (Lipinski definition) is 0. The van der Waals surface area contributed by atoms with Crippen LogP contribution in [0.4, 0.5) is 0 Å². The van der Waals surface area contributed by atoms with E-state index in [1.165, 1.54) is 77.0 Å². The molecule has 0 fully saturated rings. The van der Waals surface area contributed by atoms with Gasteiger partial charge in [-0.1, -0.05) is 77.6 Å². The van der Waals surface area contributed by atoms with Gasteiger partial charge in [-0.25, -0.2) is 0 Å². The van der Waals surface area contributed by atoms with Crippen LogP contribution in [0.1, 0.15) is 90.4 Å². The lowest BCUT2D eigenvalue weighted by Gasteiger charge is -2.01. The molecule has 0 rings (SSSR count). The standard InChI is InChI=1S/C16H30.H2O/c1-3-5-7-9-11-13-15-16-14-12-10-8-6-4-2;/h1H,4-16H2,2H3;1H2. The van der Waals surface area contributed by atoms with Gasteiger partial charge >= 0.3 is 0 Å². The van der Waals surface area contributed by atoms with Crippen molar-refractivity contribution in [1.29, 1.82) is 0 Å². The van der Waals surface area contributed by atoms with Crippen molar-refractivity contribution in [2.75, 3.05) is 0 Å². The Morgan fingerprint density at radius 1 is 0.647 bits per heavy atom. The Hall–Kier alpha value is -0.480. The van der Waals surface area contributed by atoms with Crippen LogP contribution < -0.4 is 0 Å². The van der Waals surface area contributed by atoms with Gasteiger partial charge in [-0.3, -0.25) is 0 Å². The molecule has 0 aliphatic heterocycles. The summed E-state index contributed by atoms with van der Waals surface area (Å²) in [6.45, 7) is 2.28. The summed E-state index contributed by atoms with van der Waals surface area (Å²) >= 11 is 0. The number of hydrogen-bond acceptors (Lipinski definition) is 0. The lowest BCUT2D eigenvalue weighted by molar-refractivity contribution is 0.545. The highest BCUT2D eigenvalue weighted by Gasteiger charge is 1.92. The highest BCUT2D eigenvalue weighted by atomic mass is 16.0. The van der Waals surface area contributed by atoms with Crippen LogP contribution in [0.5, 0.6) is 0 Å². The SMILES string of the molecule is C#CCCCCCCCCCCCCCC.O. The Labute approximate surface area is 109 Å². The molecule has 0 aromatic carbocycles. The van der Waals surface area contributed by atoms with Crippen LogP contribution in [0.3, 0.4) is 0 Å². The average molecular weight is 240 g/mol. The molecule has 1 nitrogen and oxygen atoms in total. The third-order valence-electron chi connectivity index (χ3n) is 3.17. The molecule has 17 heavy (non-hydrogen) atoms. The molecule has 0 aromatic rings. The van der Waals surface area contributed by atoms with Crippen LogP contribution in [0.2, 0.25) is 0 Å². The molecule has 1 heteroatoms. The van der Waals surface area contributed by atoms with E-state index in [0.29, 0.717) is 0 Å². The maximum atomic E-state index is 5.21. The van der Waals surface area contributed by atoms with Crippen LogP contribution in [-0.4, -0.2) is 5.48 Å². The van der Waals surface area contributed by atoms with Gasteiger partial charge in [0.25, 0.3) is 0 Å². The first-order chi connectivity index (χ1) is 7.91. The summed E-state index contributed by atoms with van der Waals surface area (Å²) in [5.74, 6) is 2.70. The van der Waals surface area contributed by atoms with Gasteiger partial charge < -0.3 is 5.48 Å². The van der Waals surface area contributed by atoms with Crippen molar-refractivity contribution in [1.82, 2.24) is 0 Å². The molecule has 0 atom stereocenters. The minimum atomic E-state index is 0. The minimum Gasteiger partial charge on any atom is -0.412 e. The van der Waals surface area contributed by atoms with Crippen LogP contribution >= 0.6 is 0 Å². The highest BCUT2D eigenvalue weighted by molar-refractivity contribution is 4.82. The van der Waals surface area contributed by atoms with Gasteiger partial charge in [0, 0.05) is 6.42 Å². The number of unbranched alkanes of at least 4 members (excludes halogenated alkanes) is 12. The maximum absolute atomic E-state index is 5.21. The van der Waals surface area contributed by atoms with Gasteiger partial charge in [-0.05, 0) is 6.42 Å². The topological polar surface area (TPSA) is 31.5 Å². The molecule has 0 saturated carbocycles. The zero-order valence-corrected chi connectivity index (χ0v) is 11.8. The van der Waals surface area contributed by atoms with E-state index in [4.69, 9.17) is 6.42 Å². The van der Waals surface area contributed by atoms with E-state index >= 15 is 0 Å². The predicted octanol–water partition coefficient (Wildman–Crippen LogP) is 4.89. The summed E-state index contributed by atoms with van der Waals surface area (Å²) in [4.78, 5) is 0. The van der Waals surface area contributed by atoms with E-state index in [2.05, 4.69) is 12.8 Å². The van der Waals surface area contributed by atoms with Gasteiger partial charge in [0.15, 0.2) is 0 Å².